The molecule has 0 aliphatic heterocycles. The number of aryl methyl sites for hydroxylation is 1. The third-order valence-electron chi connectivity index (χ3n) is 7.34. The number of hydrogen-bond donors (Lipinski definition) is 3. The summed E-state index contributed by atoms with van der Waals surface area (Å²) in [7, 11) is 1.75. The first-order valence-corrected chi connectivity index (χ1v) is 12.3. The van der Waals surface area contributed by atoms with Gasteiger partial charge in [0.05, 0.1) is 22.6 Å². The van der Waals surface area contributed by atoms with Crippen molar-refractivity contribution in [2.75, 3.05) is 17.2 Å². The van der Waals surface area contributed by atoms with Crippen molar-refractivity contribution in [3.8, 4) is 0 Å². The van der Waals surface area contributed by atoms with Gasteiger partial charge < -0.3 is 20.3 Å². The fourth-order valence-electron chi connectivity index (χ4n) is 5.76. The molecule has 3 N–H and O–H groups in total. The molecule has 1 aromatic carbocycles. The minimum Gasteiger partial charge on any atom is -0.388 e. The molecule has 2 saturated carbocycles. The molecule has 2 fully saturated rings. The van der Waals surface area contributed by atoms with Gasteiger partial charge in [0, 0.05) is 31.4 Å². The van der Waals surface area contributed by atoms with Crippen LogP contribution < -0.4 is 10.6 Å². The number of hydrogen-bond acceptors (Lipinski definition) is 6. The third kappa shape index (κ3) is 5.28. The molecule has 0 bridgehead atoms. The van der Waals surface area contributed by atoms with Crippen LogP contribution in [0.25, 0.3) is 0 Å². The lowest BCUT2D eigenvalue weighted by Gasteiger charge is -2.25. The first-order chi connectivity index (χ1) is 17.6. The van der Waals surface area contributed by atoms with E-state index < -0.39 is 23.7 Å². The minimum atomic E-state index is -2.76. The Morgan fingerprint density at radius 1 is 1.24 bits per heavy atom. The number of carbonyl (C=O) groups is 1. The van der Waals surface area contributed by atoms with Crippen molar-refractivity contribution in [1.82, 2.24) is 19.5 Å². The van der Waals surface area contributed by atoms with Gasteiger partial charge in [-0.2, -0.15) is 0 Å². The molecule has 8 nitrogen and oxygen atoms in total. The van der Waals surface area contributed by atoms with Crippen LogP contribution in [0.4, 0.5) is 24.7 Å². The number of alkyl halides is 2. The van der Waals surface area contributed by atoms with Crippen LogP contribution in [0.1, 0.15) is 60.0 Å². The highest BCUT2D eigenvalue weighted by Gasteiger charge is 2.49. The average Bonchev–Trinajstić information content (AvgIpc) is 3.51. The third-order valence-corrected chi connectivity index (χ3v) is 7.63. The highest BCUT2D eigenvalue weighted by atomic mass is 35.5. The van der Waals surface area contributed by atoms with Gasteiger partial charge in [-0.1, -0.05) is 11.6 Å². The summed E-state index contributed by atoms with van der Waals surface area (Å²) in [5, 5.41) is 16.8. The van der Waals surface area contributed by atoms with E-state index in [-0.39, 0.29) is 41.0 Å². The van der Waals surface area contributed by atoms with Gasteiger partial charge in [0.25, 0.3) is 12.3 Å². The Labute approximate surface area is 216 Å². The number of benzene rings is 1. The van der Waals surface area contributed by atoms with Crippen molar-refractivity contribution < 1.29 is 23.1 Å². The van der Waals surface area contributed by atoms with Crippen molar-refractivity contribution in [2.45, 2.75) is 43.6 Å². The van der Waals surface area contributed by atoms with E-state index in [9.17, 15) is 23.1 Å². The molecule has 196 valence electrons. The molecule has 5 rings (SSSR count). The van der Waals surface area contributed by atoms with Crippen LogP contribution in [0.3, 0.4) is 0 Å². The highest BCUT2D eigenvalue weighted by molar-refractivity contribution is 6.31. The van der Waals surface area contributed by atoms with Crippen LogP contribution in [0.5, 0.6) is 0 Å². The number of nitrogens with zero attached hydrogens (tertiary/aromatic N) is 4. The van der Waals surface area contributed by atoms with E-state index in [1.54, 1.807) is 17.9 Å². The highest BCUT2D eigenvalue weighted by Crippen LogP contribution is 2.54. The van der Waals surface area contributed by atoms with E-state index in [2.05, 4.69) is 25.6 Å². The van der Waals surface area contributed by atoms with E-state index in [0.29, 0.717) is 29.9 Å². The molecular weight excluding hydrogens is 509 g/mol. The predicted molar refractivity (Wildman–Crippen MR) is 131 cm³/mol. The first-order valence-electron chi connectivity index (χ1n) is 12.0. The zero-order chi connectivity index (χ0) is 26.3. The summed E-state index contributed by atoms with van der Waals surface area (Å²) >= 11 is 5.84. The Bertz CT molecular complexity index is 1310. The second-order valence-electron chi connectivity index (χ2n) is 9.95. The Kier molecular flexibility index (Phi) is 6.84. The van der Waals surface area contributed by atoms with E-state index in [0.717, 1.165) is 12.8 Å². The van der Waals surface area contributed by atoms with Gasteiger partial charge in [0.2, 0.25) is 0 Å². The molecule has 2 atom stereocenters. The largest absolute Gasteiger partial charge is 0.388 e. The Balaban J connectivity index is 1.23. The van der Waals surface area contributed by atoms with E-state index >= 15 is 0 Å². The van der Waals surface area contributed by atoms with Gasteiger partial charge in [-0.15, -0.1) is 0 Å². The molecule has 12 heteroatoms. The first kappa shape index (κ1) is 25.5. The summed E-state index contributed by atoms with van der Waals surface area (Å²) in [5.41, 5.74) is 0.530. The van der Waals surface area contributed by atoms with Crippen LogP contribution in [-0.2, 0) is 7.05 Å². The van der Waals surface area contributed by atoms with Gasteiger partial charge in [-0.05, 0) is 61.8 Å². The van der Waals surface area contributed by atoms with Crippen LogP contribution >= 0.6 is 11.6 Å². The molecule has 37 heavy (non-hydrogen) atoms. The fraction of sp³-hybridized carbons (Fsp3) is 0.440. The van der Waals surface area contributed by atoms with Crippen LogP contribution in [-0.4, -0.2) is 42.7 Å². The summed E-state index contributed by atoms with van der Waals surface area (Å²) in [4.78, 5) is 25.0. The molecule has 0 radical (unpaired) electrons. The normalized spacial score (nSPS) is 24.9. The number of aliphatic hydroxyl groups is 1. The van der Waals surface area contributed by atoms with E-state index in [1.807, 2.05) is 0 Å². The lowest BCUT2D eigenvalue weighted by molar-refractivity contribution is 0.0514. The Hall–Kier alpha value is -3.18. The minimum absolute atomic E-state index is 0.0572. The molecule has 0 saturated heterocycles. The molecule has 2 unspecified atom stereocenters. The maximum atomic E-state index is 13.5. The second-order valence-corrected chi connectivity index (χ2v) is 10.4. The van der Waals surface area contributed by atoms with Crippen molar-refractivity contribution in [2.24, 2.45) is 18.9 Å². The standard InChI is InChI=1S/C25H26ClF3N6O2/c1-35-12-32-20(21(35)24(36)33-16-2-3-18(27)17(26)8-16)13-6-14-9-25(37,10-15(14)7-13)11-31-19-4-5-30-23(34-19)22(28)29/h2-5,8,12-15,22,37H,6-7,9-11H2,1H3,(H,33,36)(H,30,31,34). The number of amides is 1. The zero-order valence-corrected chi connectivity index (χ0v) is 20.7. The molecule has 2 aliphatic carbocycles. The van der Waals surface area contributed by atoms with Gasteiger partial charge in [-0.3, -0.25) is 4.79 Å². The summed E-state index contributed by atoms with van der Waals surface area (Å²) in [6.45, 7) is 0.196. The SMILES string of the molecule is Cn1cnc(C2CC3CC(O)(CNc4ccnc(C(F)F)n4)CC3C2)c1C(=O)Nc1ccc(F)c(Cl)c1. The number of halogens is 4. The van der Waals surface area contributed by atoms with Crippen LogP contribution in [0, 0.1) is 17.7 Å². The van der Waals surface area contributed by atoms with Gasteiger partial charge >= 0.3 is 0 Å². The second kappa shape index (κ2) is 9.94. The predicted octanol–water partition coefficient (Wildman–Crippen LogP) is 4.94. The number of anilines is 2. The number of imidazole rings is 1. The molecule has 3 aromatic rings. The molecular formula is C25H26ClF3N6O2. The molecule has 2 heterocycles. The lowest BCUT2D eigenvalue weighted by Crippen LogP contribution is -2.35. The molecule has 0 spiro atoms. The quantitative estimate of drug-likeness (QED) is 0.396. The number of aromatic nitrogens is 4. The summed E-state index contributed by atoms with van der Waals surface area (Å²) < 4.78 is 40.9. The topological polar surface area (TPSA) is 105 Å². The zero-order valence-electron chi connectivity index (χ0n) is 20.0. The average molecular weight is 535 g/mol. The van der Waals surface area contributed by atoms with E-state index in [4.69, 9.17) is 11.6 Å². The van der Waals surface area contributed by atoms with E-state index in [1.165, 1.54) is 30.5 Å². The molecule has 2 aromatic heterocycles. The summed E-state index contributed by atoms with van der Waals surface area (Å²) in [6.07, 6.45) is 2.75. The number of carbonyl (C=O) groups excluding carboxylic acids is 1. The van der Waals surface area contributed by atoms with Crippen molar-refractivity contribution >= 4 is 29.0 Å². The molecule has 1 amide bonds. The van der Waals surface area contributed by atoms with Gasteiger partial charge in [-0.25, -0.2) is 28.1 Å². The fourth-order valence-corrected chi connectivity index (χ4v) is 5.94. The van der Waals surface area contributed by atoms with Crippen LogP contribution in [0.15, 0.2) is 36.8 Å². The Morgan fingerprint density at radius 2 is 1.97 bits per heavy atom. The number of nitrogens with one attached hydrogen (secondary N) is 2. The lowest BCUT2D eigenvalue weighted by atomic mass is 9.92. The van der Waals surface area contributed by atoms with Crippen molar-refractivity contribution in [3.05, 3.63) is 64.8 Å². The smallest absolute Gasteiger partial charge is 0.297 e. The molecule has 2 aliphatic rings. The summed E-state index contributed by atoms with van der Waals surface area (Å²) in [6, 6.07) is 5.49. The summed E-state index contributed by atoms with van der Waals surface area (Å²) in [5.74, 6) is -0.685. The maximum Gasteiger partial charge on any atom is 0.297 e. The van der Waals surface area contributed by atoms with Crippen LogP contribution in [0.2, 0.25) is 5.02 Å². The monoisotopic (exact) mass is 534 g/mol. The van der Waals surface area contributed by atoms with Crippen molar-refractivity contribution in [1.29, 1.82) is 0 Å². The maximum absolute atomic E-state index is 13.5. The number of rotatable bonds is 7. The van der Waals surface area contributed by atoms with Crippen molar-refractivity contribution in [3.63, 3.8) is 0 Å². The van der Waals surface area contributed by atoms with Gasteiger partial charge in [0.15, 0.2) is 5.82 Å². The Morgan fingerprint density at radius 3 is 2.65 bits per heavy atom. The van der Waals surface area contributed by atoms with Gasteiger partial charge in [0.1, 0.15) is 17.3 Å². The number of fused-ring (bicyclic) bond motifs is 1.